The lowest BCUT2D eigenvalue weighted by atomic mass is 10.1. The second kappa shape index (κ2) is 7.98. The van der Waals surface area contributed by atoms with Crippen LogP contribution in [0.4, 0.5) is 16.2 Å². The molecule has 0 aliphatic carbocycles. The molecule has 1 N–H and O–H groups in total. The van der Waals surface area contributed by atoms with Crippen molar-refractivity contribution < 1.29 is 28.6 Å². The highest BCUT2D eigenvalue weighted by Crippen LogP contribution is 2.41. The van der Waals surface area contributed by atoms with E-state index in [0.29, 0.717) is 35.2 Å². The maximum Gasteiger partial charge on any atom is 0.415 e. The highest BCUT2D eigenvalue weighted by Gasteiger charge is 2.46. The topological polar surface area (TPSA) is 110 Å². The van der Waals surface area contributed by atoms with Crippen molar-refractivity contribution in [3.63, 3.8) is 0 Å². The molecule has 3 aliphatic heterocycles. The molecule has 2 fully saturated rings. The van der Waals surface area contributed by atoms with E-state index in [1.54, 1.807) is 23.1 Å². The second-order valence-corrected chi connectivity index (χ2v) is 8.72. The van der Waals surface area contributed by atoms with Gasteiger partial charge in [0.15, 0.2) is 4.47 Å². The van der Waals surface area contributed by atoms with Crippen LogP contribution in [0.3, 0.4) is 0 Å². The zero-order valence-electron chi connectivity index (χ0n) is 16.1. The minimum atomic E-state index is -0.575. The number of morpholine rings is 1. The number of hydrogen-bond acceptors (Lipinski definition) is 8. The van der Waals surface area contributed by atoms with Crippen LogP contribution in [0.15, 0.2) is 24.4 Å². The van der Waals surface area contributed by atoms with Gasteiger partial charge in [-0.25, -0.2) is 9.78 Å². The molecule has 0 saturated carbocycles. The molecule has 2 saturated heterocycles. The van der Waals surface area contributed by atoms with E-state index < -0.39 is 12.2 Å². The van der Waals surface area contributed by atoms with Crippen molar-refractivity contribution in [1.82, 2.24) is 10.3 Å². The molecule has 0 bridgehead atoms. The van der Waals surface area contributed by atoms with Gasteiger partial charge in [0, 0.05) is 18.3 Å². The normalized spacial score (nSPS) is 22.5. The van der Waals surface area contributed by atoms with Crippen LogP contribution in [0.5, 0.6) is 5.75 Å². The van der Waals surface area contributed by atoms with Crippen LogP contribution >= 0.6 is 22.9 Å². The third-order valence-electron chi connectivity index (χ3n) is 5.28. The Morgan fingerprint density at radius 1 is 1.35 bits per heavy atom. The van der Waals surface area contributed by atoms with Crippen LogP contribution < -0.4 is 19.9 Å². The Bertz CT molecular complexity index is 1060. The third-order valence-corrected chi connectivity index (χ3v) is 6.40. The number of ether oxygens (including phenoxy) is 3. The van der Waals surface area contributed by atoms with Gasteiger partial charge in [0.2, 0.25) is 0 Å². The van der Waals surface area contributed by atoms with Crippen LogP contribution in [-0.4, -0.2) is 67.9 Å². The molecule has 12 heteroatoms. The van der Waals surface area contributed by atoms with Gasteiger partial charge in [0.25, 0.3) is 11.8 Å². The number of thiazole rings is 1. The summed E-state index contributed by atoms with van der Waals surface area (Å²) in [5.74, 6) is 0.0309. The number of amides is 3. The van der Waals surface area contributed by atoms with E-state index in [-0.39, 0.29) is 42.1 Å². The van der Waals surface area contributed by atoms with Crippen LogP contribution in [-0.2, 0) is 14.3 Å². The SMILES string of the molecule is O=C(NC[C@@H]1OC(=O)N2c3ccc(N4CCOCC4=O)cc3OC[C@@H]12)c1cnc(Cl)s1. The molecule has 31 heavy (non-hydrogen) atoms. The monoisotopic (exact) mass is 464 g/mol. The molecule has 3 aliphatic rings. The van der Waals surface area contributed by atoms with Gasteiger partial charge in [-0.1, -0.05) is 22.9 Å². The number of carbonyl (C=O) groups is 3. The fraction of sp³-hybridized carbons (Fsp3) is 0.368. The highest BCUT2D eigenvalue weighted by molar-refractivity contribution is 7.17. The average molecular weight is 465 g/mol. The first-order valence-corrected chi connectivity index (χ1v) is 10.7. The standard InChI is InChI=1S/C19H17ClN4O6S/c20-18-22-7-15(31-18)17(26)21-6-14-12-8-29-13-5-10(23-3-4-28-9-16(23)25)1-2-11(13)24(12)19(27)30-14/h1-2,5,7,12,14H,3-4,6,8-9H2,(H,21,26)/t12-,14-/m0/s1. The molecule has 1 aromatic heterocycles. The molecule has 3 amide bonds. The number of halogens is 1. The van der Waals surface area contributed by atoms with Crippen LogP contribution in [0.1, 0.15) is 9.67 Å². The van der Waals surface area contributed by atoms with Crippen molar-refractivity contribution in [2.75, 3.05) is 42.7 Å². The zero-order chi connectivity index (χ0) is 21.5. The van der Waals surface area contributed by atoms with E-state index in [4.69, 9.17) is 25.8 Å². The smallest absolute Gasteiger partial charge is 0.415 e. The Morgan fingerprint density at radius 2 is 2.23 bits per heavy atom. The van der Waals surface area contributed by atoms with E-state index in [9.17, 15) is 14.4 Å². The Hall–Kier alpha value is -2.89. The lowest BCUT2D eigenvalue weighted by Gasteiger charge is -2.33. The number of rotatable bonds is 4. The van der Waals surface area contributed by atoms with Gasteiger partial charge in [0.05, 0.1) is 25.0 Å². The van der Waals surface area contributed by atoms with Gasteiger partial charge < -0.3 is 24.4 Å². The molecule has 0 spiro atoms. The molecule has 4 heterocycles. The van der Waals surface area contributed by atoms with Gasteiger partial charge in [-0.2, -0.15) is 0 Å². The van der Waals surface area contributed by atoms with E-state index in [1.807, 2.05) is 0 Å². The largest absolute Gasteiger partial charge is 0.489 e. The van der Waals surface area contributed by atoms with Crippen molar-refractivity contribution in [1.29, 1.82) is 0 Å². The number of carbonyl (C=O) groups excluding carboxylic acids is 3. The molecule has 162 valence electrons. The maximum atomic E-state index is 12.6. The molecular formula is C19H17ClN4O6S. The van der Waals surface area contributed by atoms with Crippen LogP contribution in [0.2, 0.25) is 4.47 Å². The summed E-state index contributed by atoms with van der Waals surface area (Å²) in [5, 5.41) is 2.75. The summed E-state index contributed by atoms with van der Waals surface area (Å²) in [6, 6.07) is 4.86. The number of nitrogens with zero attached hydrogens (tertiary/aromatic N) is 3. The molecule has 0 unspecified atom stereocenters. The van der Waals surface area contributed by atoms with Crippen LogP contribution in [0.25, 0.3) is 0 Å². The summed E-state index contributed by atoms with van der Waals surface area (Å²) < 4.78 is 16.8. The maximum absolute atomic E-state index is 12.6. The summed E-state index contributed by atoms with van der Waals surface area (Å²) in [5.41, 5.74) is 1.25. The first-order valence-electron chi connectivity index (χ1n) is 9.55. The fourth-order valence-corrected chi connectivity index (χ4v) is 4.65. The van der Waals surface area contributed by atoms with Crippen molar-refractivity contribution in [2.45, 2.75) is 12.1 Å². The van der Waals surface area contributed by atoms with E-state index in [2.05, 4.69) is 10.3 Å². The minimum Gasteiger partial charge on any atom is -0.489 e. The summed E-state index contributed by atoms with van der Waals surface area (Å²) in [4.78, 5) is 44.3. The van der Waals surface area contributed by atoms with Gasteiger partial charge in [0.1, 0.15) is 36.0 Å². The molecular weight excluding hydrogens is 448 g/mol. The Morgan fingerprint density at radius 3 is 3.00 bits per heavy atom. The lowest BCUT2D eigenvalue weighted by Crippen LogP contribution is -2.48. The number of hydrogen-bond donors (Lipinski definition) is 1. The first kappa shape index (κ1) is 20.0. The Kier molecular flexibility index (Phi) is 5.16. The molecule has 10 nitrogen and oxygen atoms in total. The quantitative estimate of drug-likeness (QED) is 0.732. The van der Waals surface area contributed by atoms with E-state index >= 15 is 0 Å². The van der Waals surface area contributed by atoms with E-state index in [0.717, 1.165) is 11.3 Å². The molecule has 0 radical (unpaired) electrons. The summed E-state index contributed by atoms with van der Waals surface area (Å²) in [7, 11) is 0. The summed E-state index contributed by atoms with van der Waals surface area (Å²) in [6.07, 6.45) is 0.310. The predicted molar refractivity (Wildman–Crippen MR) is 111 cm³/mol. The van der Waals surface area contributed by atoms with Gasteiger partial charge >= 0.3 is 6.09 Å². The summed E-state index contributed by atoms with van der Waals surface area (Å²) in [6.45, 7) is 1.29. The van der Waals surface area contributed by atoms with Crippen molar-refractivity contribution in [2.24, 2.45) is 0 Å². The van der Waals surface area contributed by atoms with Crippen molar-refractivity contribution >= 4 is 52.2 Å². The fourth-order valence-electron chi connectivity index (χ4n) is 3.79. The van der Waals surface area contributed by atoms with E-state index in [1.165, 1.54) is 11.1 Å². The average Bonchev–Trinajstić information content (AvgIpc) is 3.35. The molecule has 5 rings (SSSR count). The Labute approximate surface area is 185 Å². The van der Waals surface area contributed by atoms with Gasteiger partial charge in [-0.15, -0.1) is 0 Å². The predicted octanol–water partition coefficient (Wildman–Crippen LogP) is 1.68. The minimum absolute atomic E-state index is 0.0413. The second-order valence-electron chi connectivity index (χ2n) is 7.11. The molecule has 2 atom stereocenters. The van der Waals surface area contributed by atoms with Crippen molar-refractivity contribution in [3.8, 4) is 5.75 Å². The number of fused-ring (bicyclic) bond motifs is 3. The van der Waals surface area contributed by atoms with Crippen LogP contribution in [0, 0.1) is 0 Å². The van der Waals surface area contributed by atoms with Crippen molar-refractivity contribution in [3.05, 3.63) is 33.7 Å². The summed E-state index contributed by atoms with van der Waals surface area (Å²) >= 11 is 6.83. The highest BCUT2D eigenvalue weighted by atomic mass is 35.5. The lowest BCUT2D eigenvalue weighted by molar-refractivity contribution is -0.125. The van der Waals surface area contributed by atoms with Gasteiger partial charge in [-0.05, 0) is 12.1 Å². The number of aromatic nitrogens is 1. The number of benzene rings is 1. The number of cyclic esters (lactones) is 1. The molecule has 2 aromatic rings. The first-order chi connectivity index (χ1) is 15.0. The Balaban J connectivity index is 1.30. The van der Waals surface area contributed by atoms with Gasteiger partial charge in [-0.3, -0.25) is 14.5 Å². The zero-order valence-corrected chi connectivity index (χ0v) is 17.6. The third kappa shape index (κ3) is 3.68. The number of nitrogens with one attached hydrogen (secondary N) is 1. The molecule has 1 aromatic carbocycles. The number of anilines is 2.